The molecule has 0 aliphatic rings. The number of nitrogens with zero attached hydrogens (tertiary/aromatic N) is 2. The lowest BCUT2D eigenvalue weighted by Crippen LogP contribution is -3.05. The average molecular weight is 370 g/mol. The van der Waals surface area contributed by atoms with E-state index in [1.807, 2.05) is 36.4 Å². The van der Waals surface area contributed by atoms with Gasteiger partial charge in [-0.1, -0.05) is 23.5 Å². The second-order valence-corrected chi connectivity index (χ2v) is 7.47. The Kier molecular flexibility index (Phi) is 5.85. The number of carbonyl (C=O) groups excluding carboxylic acids is 1. The number of ether oxygens (including phenoxy) is 1. The van der Waals surface area contributed by atoms with Crippen LogP contribution in [-0.4, -0.2) is 45.2 Å². The minimum absolute atomic E-state index is 0.0273. The second-order valence-electron chi connectivity index (χ2n) is 6.46. The van der Waals surface area contributed by atoms with E-state index in [1.165, 1.54) is 4.90 Å². The van der Waals surface area contributed by atoms with E-state index in [0.717, 1.165) is 34.1 Å². The lowest BCUT2D eigenvalue weighted by molar-refractivity contribution is -0.858. The molecule has 0 aliphatic heterocycles. The van der Waals surface area contributed by atoms with Crippen LogP contribution in [0.15, 0.2) is 48.5 Å². The number of nitrogens with one attached hydrogen (secondary N) is 1. The van der Waals surface area contributed by atoms with Crippen LogP contribution in [0.3, 0.4) is 0 Å². The predicted octanol–water partition coefficient (Wildman–Crippen LogP) is 2.49. The lowest BCUT2D eigenvalue weighted by Gasteiger charge is -2.20. The number of carbonyl (C=O) groups is 1. The SMILES string of the molecule is COc1ccc(C(=O)N(CCC[NH+](C)C)c2nc3ccccc3s2)cc1. The Morgan fingerprint density at radius 3 is 2.54 bits per heavy atom. The Hall–Kier alpha value is -2.44. The summed E-state index contributed by atoms with van der Waals surface area (Å²) in [6.07, 6.45) is 0.917. The molecular weight excluding hydrogens is 346 g/mol. The van der Waals surface area contributed by atoms with Gasteiger partial charge in [-0.15, -0.1) is 0 Å². The molecular formula is C20H24N3O2S+. The number of aromatic nitrogens is 1. The molecule has 0 atom stereocenters. The van der Waals surface area contributed by atoms with Crippen molar-refractivity contribution in [3.63, 3.8) is 0 Å². The van der Waals surface area contributed by atoms with E-state index in [1.54, 1.807) is 35.5 Å². The molecule has 26 heavy (non-hydrogen) atoms. The normalized spacial score (nSPS) is 11.1. The van der Waals surface area contributed by atoms with Crippen LogP contribution in [0.1, 0.15) is 16.8 Å². The molecule has 0 spiro atoms. The van der Waals surface area contributed by atoms with E-state index < -0.39 is 0 Å². The molecule has 0 aliphatic carbocycles. The quantitative estimate of drug-likeness (QED) is 0.695. The molecule has 0 fully saturated rings. The maximum absolute atomic E-state index is 13.1. The third-order valence-corrected chi connectivity index (χ3v) is 5.21. The molecule has 136 valence electrons. The number of quaternary nitrogens is 1. The first kappa shape index (κ1) is 18.4. The van der Waals surface area contributed by atoms with Crippen molar-refractivity contribution in [3.8, 4) is 5.75 Å². The monoisotopic (exact) mass is 370 g/mol. The Morgan fingerprint density at radius 2 is 1.88 bits per heavy atom. The molecule has 1 heterocycles. The van der Waals surface area contributed by atoms with Gasteiger partial charge < -0.3 is 9.64 Å². The topological polar surface area (TPSA) is 46.9 Å². The summed E-state index contributed by atoms with van der Waals surface area (Å²) in [7, 11) is 5.86. The van der Waals surface area contributed by atoms with Gasteiger partial charge in [0, 0.05) is 18.5 Å². The number of benzene rings is 2. The molecule has 1 aromatic heterocycles. The highest BCUT2D eigenvalue weighted by Gasteiger charge is 2.21. The molecule has 0 radical (unpaired) electrons. The van der Waals surface area contributed by atoms with Crippen molar-refractivity contribution in [2.24, 2.45) is 0 Å². The van der Waals surface area contributed by atoms with Crippen LogP contribution in [0.4, 0.5) is 5.13 Å². The first-order chi connectivity index (χ1) is 12.6. The maximum Gasteiger partial charge on any atom is 0.260 e. The van der Waals surface area contributed by atoms with Gasteiger partial charge in [-0.3, -0.25) is 9.69 Å². The first-order valence-electron chi connectivity index (χ1n) is 8.69. The van der Waals surface area contributed by atoms with E-state index >= 15 is 0 Å². The fourth-order valence-corrected chi connectivity index (χ4v) is 3.73. The summed E-state index contributed by atoms with van der Waals surface area (Å²) < 4.78 is 6.28. The maximum atomic E-state index is 13.1. The number of rotatable bonds is 7. The fourth-order valence-electron chi connectivity index (χ4n) is 2.74. The number of hydrogen-bond donors (Lipinski definition) is 1. The number of thiazole rings is 1. The zero-order valence-electron chi connectivity index (χ0n) is 15.4. The van der Waals surface area contributed by atoms with E-state index in [2.05, 4.69) is 19.1 Å². The van der Waals surface area contributed by atoms with Crippen LogP contribution in [0.25, 0.3) is 10.2 Å². The van der Waals surface area contributed by atoms with Gasteiger partial charge >= 0.3 is 0 Å². The molecule has 0 saturated carbocycles. The van der Waals surface area contributed by atoms with Gasteiger partial charge in [0.2, 0.25) is 0 Å². The van der Waals surface area contributed by atoms with Crippen molar-refractivity contribution in [2.45, 2.75) is 6.42 Å². The van der Waals surface area contributed by atoms with Crippen molar-refractivity contribution in [3.05, 3.63) is 54.1 Å². The average Bonchev–Trinajstić information content (AvgIpc) is 3.08. The van der Waals surface area contributed by atoms with Crippen molar-refractivity contribution in [2.75, 3.05) is 39.2 Å². The zero-order valence-corrected chi connectivity index (χ0v) is 16.2. The van der Waals surface area contributed by atoms with E-state index in [0.29, 0.717) is 12.1 Å². The largest absolute Gasteiger partial charge is 0.497 e. The van der Waals surface area contributed by atoms with Crippen molar-refractivity contribution in [1.29, 1.82) is 0 Å². The molecule has 1 amide bonds. The lowest BCUT2D eigenvalue weighted by atomic mass is 10.2. The molecule has 0 unspecified atom stereocenters. The van der Waals surface area contributed by atoms with E-state index in [-0.39, 0.29) is 5.91 Å². The second kappa shape index (κ2) is 8.29. The van der Waals surface area contributed by atoms with Gasteiger partial charge in [0.15, 0.2) is 5.13 Å². The van der Waals surface area contributed by atoms with Crippen LogP contribution >= 0.6 is 11.3 Å². The number of fused-ring (bicyclic) bond motifs is 1. The number of amides is 1. The van der Waals surface area contributed by atoms with Gasteiger partial charge in [-0.05, 0) is 36.4 Å². The van der Waals surface area contributed by atoms with Crippen LogP contribution in [0, 0.1) is 0 Å². The summed E-state index contributed by atoms with van der Waals surface area (Å²) in [4.78, 5) is 21.0. The number of anilines is 1. The summed E-state index contributed by atoms with van der Waals surface area (Å²) in [5.41, 5.74) is 1.57. The summed E-state index contributed by atoms with van der Waals surface area (Å²) in [5, 5.41) is 0.751. The van der Waals surface area contributed by atoms with Crippen LogP contribution < -0.4 is 14.5 Å². The van der Waals surface area contributed by atoms with Gasteiger partial charge in [0.05, 0.1) is 38.0 Å². The smallest absolute Gasteiger partial charge is 0.260 e. The van der Waals surface area contributed by atoms with Crippen molar-refractivity contribution in [1.82, 2.24) is 4.98 Å². The van der Waals surface area contributed by atoms with Crippen LogP contribution in [-0.2, 0) is 0 Å². The number of methoxy groups -OCH3 is 1. The zero-order chi connectivity index (χ0) is 18.5. The summed E-state index contributed by atoms with van der Waals surface area (Å²) in [6.45, 7) is 1.65. The summed E-state index contributed by atoms with van der Waals surface area (Å²) in [5.74, 6) is 0.713. The Morgan fingerprint density at radius 1 is 1.15 bits per heavy atom. The van der Waals surface area contributed by atoms with Gasteiger partial charge in [0.1, 0.15) is 5.75 Å². The van der Waals surface area contributed by atoms with Crippen molar-refractivity contribution < 1.29 is 14.4 Å². The molecule has 2 aromatic carbocycles. The van der Waals surface area contributed by atoms with Crippen LogP contribution in [0.2, 0.25) is 0 Å². The van der Waals surface area contributed by atoms with E-state index in [9.17, 15) is 4.79 Å². The molecule has 0 bridgehead atoms. The fraction of sp³-hybridized carbons (Fsp3) is 0.300. The Labute approximate surface area is 157 Å². The highest BCUT2D eigenvalue weighted by atomic mass is 32.1. The Balaban J connectivity index is 1.89. The summed E-state index contributed by atoms with van der Waals surface area (Å²) >= 11 is 1.56. The molecule has 3 rings (SSSR count). The molecule has 5 nitrogen and oxygen atoms in total. The molecule has 3 aromatic rings. The van der Waals surface area contributed by atoms with Gasteiger partial charge in [-0.25, -0.2) is 4.98 Å². The molecule has 1 N–H and O–H groups in total. The molecule has 0 saturated heterocycles. The highest BCUT2D eigenvalue weighted by molar-refractivity contribution is 7.22. The number of para-hydroxylation sites is 1. The highest BCUT2D eigenvalue weighted by Crippen LogP contribution is 2.29. The summed E-state index contributed by atoms with van der Waals surface area (Å²) in [6, 6.07) is 15.2. The first-order valence-corrected chi connectivity index (χ1v) is 9.50. The van der Waals surface area contributed by atoms with Crippen LogP contribution in [0.5, 0.6) is 5.75 Å². The number of hydrogen-bond acceptors (Lipinski definition) is 4. The van der Waals surface area contributed by atoms with Gasteiger partial charge in [-0.2, -0.15) is 0 Å². The minimum atomic E-state index is -0.0273. The third-order valence-electron chi connectivity index (χ3n) is 4.15. The van der Waals surface area contributed by atoms with Gasteiger partial charge in [0.25, 0.3) is 5.91 Å². The molecule has 6 heteroatoms. The third kappa shape index (κ3) is 4.20. The van der Waals surface area contributed by atoms with E-state index in [4.69, 9.17) is 4.74 Å². The minimum Gasteiger partial charge on any atom is -0.497 e. The Bertz CT molecular complexity index is 841. The standard InChI is InChI=1S/C20H23N3O2S/c1-22(2)13-6-14-23(19(24)15-9-11-16(25-3)12-10-15)20-21-17-7-4-5-8-18(17)26-20/h4-5,7-12H,6,13-14H2,1-3H3/p+1. The van der Waals surface area contributed by atoms with Crippen molar-refractivity contribution >= 4 is 32.6 Å². The predicted molar refractivity (Wildman–Crippen MR) is 107 cm³/mol.